The Morgan fingerprint density at radius 1 is 1.28 bits per heavy atom. The third-order valence-electron chi connectivity index (χ3n) is 3.35. The van der Waals surface area contributed by atoms with Crippen LogP contribution in [0.4, 0.5) is 0 Å². The van der Waals surface area contributed by atoms with E-state index >= 15 is 0 Å². The van der Waals surface area contributed by atoms with Gasteiger partial charge < -0.3 is 9.73 Å². The summed E-state index contributed by atoms with van der Waals surface area (Å²) in [6, 6.07) is 7.36. The van der Waals surface area contributed by atoms with Gasteiger partial charge in [0.05, 0.1) is 10.5 Å². The molecule has 3 aromatic rings. The average molecular weight is 363 g/mol. The topological polar surface area (TPSA) is 68.0 Å². The highest BCUT2D eigenvalue weighted by atomic mass is 32.2. The number of aromatic nitrogens is 2. The van der Waals surface area contributed by atoms with Crippen molar-refractivity contribution in [1.82, 2.24) is 15.3 Å². The molecule has 0 unspecified atom stereocenters. The lowest BCUT2D eigenvalue weighted by atomic mass is 10.2. The van der Waals surface area contributed by atoms with E-state index in [1.54, 1.807) is 24.7 Å². The number of rotatable bonds is 1. The molecule has 0 spiro atoms. The molecular formula is C18H9N3O2S2. The van der Waals surface area contributed by atoms with Crippen LogP contribution in [0.15, 0.2) is 52.2 Å². The van der Waals surface area contributed by atoms with Crippen molar-refractivity contribution in [2.45, 2.75) is 0 Å². The molecule has 0 saturated carbocycles. The van der Waals surface area contributed by atoms with Crippen LogP contribution in [0.5, 0.6) is 0 Å². The van der Waals surface area contributed by atoms with E-state index in [9.17, 15) is 4.79 Å². The summed E-state index contributed by atoms with van der Waals surface area (Å²) in [5, 5.41) is 3.39. The molecule has 1 saturated heterocycles. The number of nitrogens with zero attached hydrogens (tertiary/aromatic N) is 2. The second-order valence-corrected chi connectivity index (χ2v) is 6.79. The lowest BCUT2D eigenvalue weighted by Gasteiger charge is -1.92. The van der Waals surface area contributed by atoms with Gasteiger partial charge in [0.15, 0.2) is 5.58 Å². The maximum Gasteiger partial charge on any atom is 0.263 e. The molecule has 0 aromatic carbocycles. The molecule has 5 nitrogen and oxygen atoms in total. The molecule has 1 aliphatic rings. The summed E-state index contributed by atoms with van der Waals surface area (Å²) in [5.74, 6) is 6.35. The van der Waals surface area contributed by atoms with Crippen molar-refractivity contribution in [3.63, 3.8) is 0 Å². The highest BCUT2D eigenvalue weighted by molar-refractivity contribution is 8.26. The van der Waals surface area contributed by atoms with Gasteiger partial charge in [0.1, 0.15) is 15.8 Å². The number of hydrogen-bond acceptors (Lipinski definition) is 6. The van der Waals surface area contributed by atoms with Gasteiger partial charge in [-0.3, -0.25) is 9.78 Å². The van der Waals surface area contributed by atoms with Gasteiger partial charge in [-0.25, -0.2) is 4.98 Å². The number of pyridine rings is 2. The first-order valence-corrected chi connectivity index (χ1v) is 8.47. The third kappa shape index (κ3) is 3.31. The average Bonchev–Trinajstić information content (AvgIpc) is 3.16. The summed E-state index contributed by atoms with van der Waals surface area (Å²) in [4.78, 5) is 20.6. The van der Waals surface area contributed by atoms with E-state index in [-0.39, 0.29) is 5.91 Å². The summed E-state index contributed by atoms with van der Waals surface area (Å²) in [7, 11) is 0. The molecule has 4 rings (SSSR count). The second kappa shape index (κ2) is 6.51. The van der Waals surface area contributed by atoms with E-state index < -0.39 is 0 Å². The van der Waals surface area contributed by atoms with Gasteiger partial charge in [-0.05, 0) is 24.1 Å². The molecule has 0 atom stereocenters. The van der Waals surface area contributed by atoms with Gasteiger partial charge in [-0.1, -0.05) is 36.0 Å². The maximum atomic E-state index is 11.8. The monoisotopic (exact) mass is 363 g/mol. The van der Waals surface area contributed by atoms with E-state index in [0.29, 0.717) is 31.8 Å². The molecule has 25 heavy (non-hydrogen) atoms. The fourth-order valence-electron chi connectivity index (χ4n) is 2.26. The van der Waals surface area contributed by atoms with Crippen molar-refractivity contribution in [2.24, 2.45) is 0 Å². The van der Waals surface area contributed by atoms with E-state index in [2.05, 4.69) is 27.1 Å². The van der Waals surface area contributed by atoms with Crippen molar-refractivity contribution in [2.75, 3.05) is 0 Å². The predicted octanol–water partition coefficient (Wildman–Crippen LogP) is 3.11. The van der Waals surface area contributed by atoms with Crippen molar-refractivity contribution >= 4 is 51.3 Å². The number of thioether (sulfide) groups is 1. The highest BCUT2D eigenvalue weighted by Crippen LogP contribution is 2.29. The highest BCUT2D eigenvalue weighted by Gasteiger charge is 2.22. The summed E-state index contributed by atoms with van der Waals surface area (Å²) in [6.45, 7) is 0. The summed E-state index contributed by atoms with van der Waals surface area (Å²) < 4.78 is 6.30. The zero-order valence-electron chi connectivity index (χ0n) is 12.6. The molecule has 4 heterocycles. The van der Waals surface area contributed by atoms with Gasteiger partial charge in [0.25, 0.3) is 5.91 Å². The number of carbonyl (C=O) groups is 1. The fourth-order valence-corrected chi connectivity index (χ4v) is 3.28. The molecule has 7 heteroatoms. The van der Waals surface area contributed by atoms with Crippen LogP contribution in [0.2, 0.25) is 0 Å². The fraction of sp³-hybridized carbons (Fsp3) is 0. The quantitative estimate of drug-likeness (QED) is 0.407. The Hall–Kier alpha value is -2.95. The standard InChI is InChI=1S/C18H9N3O2S2/c22-17-15(25-18(24)21-17)8-14-7-12-10-19-9-11(16(12)23-14)4-5-13-3-1-2-6-20-13/h1-3,6-10H,(H,21,22,24)/b15-8-. The van der Waals surface area contributed by atoms with Gasteiger partial charge in [0.2, 0.25) is 0 Å². The summed E-state index contributed by atoms with van der Waals surface area (Å²) in [5.41, 5.74) is 1.95. The normalized spacial score (nSPS) is 15.3. The van der Waals surface area contributed by atoms with Crippen LogP contribution in [0.3, 0.4) is 0 Å². The van der Waals surface area contributed by atoms with Crippen LogP contribution in [0.1, 0.15) is 17.0 Å². The van der Waals surface area contributed by atoms with E-state index in [4.69, 9.17) is 16.6 Å². The molecule has 1 amide bonds. The van der Waals surface area contributed by atoms with Crippen molar-refractivity contribution in [3.05, 3.63) is 64.8 Å². The Balaban J connectivity index is 1.72. The van der Waals surface area contributed by atoms with Crippen LogP contribution >= 0.6 is 24.0 Å². The molecule has 1 N–H and O–H groups in total. The first kappa shape index (κ1) is 15.6. The lowest BCUT2D eigenvalue weighted by molar-refractivity contribution is -0.115. The Labute approximate surface area is 152 Å². The molecular weight excluding hydrogens is 354 g/mol. The van der Waals surface area contributed by atoms with Crippen LogP contribution < -0.4 is 5.32 Å². The van der Waals surface area contributed by atoms with E-state index in [1.807, 2.05) is 24.3 Å². The van der Waals surface area contributed by atoms with Crippen LogP contribution in [0, 0.1) is 11.8 Å². The largest absolute Gasteiger partial charge is 0.455 e. The van der Waals surface area contributed by atoms with Gasteiger partial charge in [0, 0.05) is 30.1 Å². The minimum atomic E-state index is -0.219. The number of fused-ring (bicyclic) bond motifs is 1. The van der Waals surface area contributed by atoms with Crippen LogP contribution in [0.25, 0.3) is 17.0 Å². The minimum Gasteiger partial charge on any atom is -0.455 e. The van der Waals surface area contributed by atoms with Gasteiger partial charge >= 0.3 is 0 Å². The maximum absolute atomic E-state index is 11.8. The molecule has 0 bridgehead atoms. The smallest absolute Gasteiger partial charge is 0.263 e. The number of furan rings is 1. The Bertz CT molecular complexity index is 1090. The predicted molar refractivity (Wildman–Crippen MR) is 101 cm³/mol. The molecule has 0 radical (unpaired) electrons. The molecule has 3 aromatic heterocycles. The molecule has 0 aliphatic carbocycles. The SMILES string of the molecule is O=C1NC(=S)S/C1=C\c1cc2cncc(C#Cc3ccccn3)c2o1. The van der Waals surface area contributed by atoms with Crippen molar-refractivity contribution < 1.29 is 9.21 Å². The number of nitrogens with one attached hydrogen (secondary N) is 1. The summed E-state index contributed by atoms with van der Waals surface area (Å²) in [6.07, 6.45) is 6.69. The van der Waals surface area contributed by atoms with Gasteiger partial charge in [-0.2, -0.15) is 0 Å². The third-order valence-corrected chi connectivity index (χ3v) is 4.51. The van der Waals surface area contributed by atoms with E-state index in [0.717, 1.165) is 5.39 Å². The molecule has 1 aliphatic heterocycles. The number of thiocarbonyl (C=S) groups is 1. The van der Waals surface area contributed by atoms with E-state index in [1.165, 1.54) is 11.8 Å². The van der Waals surface area contributed by atoms with Crippen molar-refractivity contribution in [3.8, 4) is 11.8 Å². The zero-order chi connectivity index (χ0) is 17.2. The van der Waals surface area contributed by atoms with Crippen molar-refractivity contribution in [1.29, 1.82) is 0 Å². The van der Waals surface area contributed by atoms with Crippen LogP contribution in [-0.2, 0) is 4.79 Å². The minimum absolute atomic E-state index is 0.219. The Morgan fingerprint density at radius 3 is 2.96 bits per heavy atom. The number of amides is 1. The molecule has 120 valence electrons. The zero-order valence-corrected chi connectivity index (χ0v) is 14.3. The first-order valence-electron chi connectivity index (χ1n) is 7.24. The van der Waals surface area contributed by atoms with Gasteiger partial charge in [-0.15, -0.1) is 0 Å². The number of hydrogen-bond donors (Lipinski definition) is 1. The Kier molecular flexibility index (Phi) is 4.06. The summed E-state index contributed by atoms with van der Waals surface area (Å²) >= 11 is 6.19. The first-order chi connectivity index (χ1) is 12.2. The lowest BCUT2D eigenvalue weighted by Crippen LogP contribution is -2.17. The number of carbonyl (C=O) groups excluding carboxylic acids is 1. The Morgan fingerprint density at radius 2 is 2.20 bits per heavy atom. The second-order valence-electron chi connectivity index (χ2n) is 5.07. The van der Waals surface area contributed by atoms with Crippen LogP contribution in [-0.4, -0.2) is 20.2 Å². The molecule has 1 fully saturated rings.